The summed E-state index contributed by atoms with van der Waals surface area (Å²) in [4.78, 5) is 73.0. The van der Waals surface area contributed by atoms with E-state index >= 15 is 0 Å². The summed E-state index contributed by atoms with van der Waals surface area (Å²) >= 11 is 0. The number of phosphoric ester groups is 2. The standard InChI is InChI=1S/C81H152O17P2/c1-5-9-13-17-21-25-29-33-37-41-45-49-53-57-61-65-78(83)91-71-76(97-80(85)67-63-59-55-51-47-43-39-35-31-27-23-19-15-11-7-3)73-95-99(87,88)93-69-75(82)70-94-100(89,90)96-74-77(98-81(86)68-64-60-56-52-48-44-40-36-32-28-24-20-16-12-8-4)72-92-79(84)66-62-58-54-50-46-42-38-34-30-26-22-18-14-10-6-2/h21,25,33,36-37,40,75-77,82H,5-20,22-24,26-32,34-35,38-39,41-74H2,1-4H3,(H,87,88)(H,89,90)/b25-21-,37-33-,40-36-/t75-,76+,77+/m0/s1. The molecule has 0 aromatic heterocycles. The van der Waals surface area contributed by atoms with E-state index < -0.39 is 97.5 Å². The Hall–Kier alpha value is -2.72. The smallest absolute Gasteiger partial charge is 0.462 e. The molecule has 5 atom stereocenters. The molecule has 0 radical (unpaired) electrons. The first-order valence-electron chi connectivity index (χ1n) is 41.2. The summed E-state index contributed by atoms with van der Waals surface area (Å²) < 4.78 is 68.7. The number of carbonyl (C=O) groups excluding carboxylic acids is 4. The van der Waals surface area contributed by atoms with E-state index in [0.717, 1.165) is 128 Å². The highest BCUT2D eigenvalue weighted by molar-refractivity contribution is 7.47. The number of rotatable bonds is 79. The number of aliphatic hydroxyl groups excluding tert-OH is 1. The molecule has 0 bridgehead atoms. The molecule has 588 valence electrons. The molecule has 0 saturated carbocycles. The highest BCUT2D eigenvalue weighted by Crippen LogP contribution is 2.45. The second-order valence-electron chi connectivity index (χ2n) is 28.1. The Labute approximate surface area is 611 Å². The summed E-state index contributed by atoms with van der Waals surface area (Å²) in [6.45, 7) is 4.93. The van der Waals surface area contributed by atoms with Crippen molar-refractivity contribution in [1.29, 1.82) is 0 Å². The van der Waals surface area contributed by atoms with E-state index in [0.29, 0.717) is 25.7 Å². The predicted octanol–water partition coefficient (Wildman–Crippen LogP) is 23.9. The monoisotopic (exact) mass is 1460 g/mol. The third-order valence-electron chi connectivity index (χ3n) is 18.1. The van der Waals surface area contributed by atoms with E-state index in [4.69, 9.17) is 37.0 Å². The molecule has 0 heterocycles. The van der Waals surface area contributed by atoms with Crippen LogP contribution in [0.2, 0.25) is 0 Å². The maximum Gasteiger partial charge on any atom is 0.472 e. The van der Waals surface area contributed by atoms with E-state index in [1.54, 1.807) is 0 Å². The van der Waals surface area contributed by atoms with Gasteiger partial charge in [0.1, 0.15) is 19.3 Å². The molecule has 0 aromatic carbocycles. The van der Waals surface area contributed by atoms with Crippen molar-refractivity contribution in [2.75, 3.05) is 39.6 Å². The van der Waals surface area contributed by atoms with Crippen LogP contribution < -0.4 is 0 Å². The van der Waals surface area contributed by atoms with Gasteiger partial charge in [-0.05, 0) is 83.5 Å². The lowest BCUT2D eigenvalue weighted by atomic mass is 10.0. The Morgan fingerprint density at radius 2 is 0.490 bits per heavy atom. The van der Waals surface area contributed by atoms with Crippen LogP contribution >= 0.6 is 15.6 Å². The van der Waals surface area contributed by atoms with Crippen LogP contribution in [0.5, 0.6) is 0 Å². The van der Waals surface area contributed by atoms with Crippen molar-refractivity contribution in [3.8, 4) is 0 Å². The van der Waals surface area contributed by atoms with Gasteiger partial charge in [0, 0.05) is 25.7 Å². The van der Waals surface area contributed by atoms with Crippen molar-refractivity contribution >= 4 is 39.5 Å². The lowest BCUT2D eigenvalue weighted by Crippen LogP contribution is -2.30. The van der Waals surface area contributed by atoms with E-state index in [1.165, 1.54) is 193 Å². The quantitative estimate of drug-likeness (QED) is 0.0169. The molecule has 0 amide bonds. The zero-order valence-electron chi connectivity index (χ0n) is 64.4. The average Bonchev–Trinajstić information content (AvgIpc) is 1.01. The maximum atomic E-state index is 13.1. The Morgan fingerprint density at radius 1 is 0.280 bits per heavy atom. The van der Waals surface area contributed by atoms with Crippen molar-refractivity contribution in [2.24, 2.45) is 0 Å². The molecule has 19 heteroatoms. The van der Waals surface area contributed by atoms with Gasteiger partial charge in [-0.1, -0.05) is 327 Å². The van der Waals surface area contributed by atoms with E-state index in [9.17, 15) is 43.2 Å². The van der Waals surface area contributed by atoms with Gasteiger partial charge in [-0.25, -0.2) is 9.13 Å². The molecule has 0 saturated heterocycles. The zero-order chi connectivity index (χ0) is 73.2. The third kappa shape index (κ3) is 73.6. The first-order valence-corrected chi connectivity index (χ1v) is 44.2. The van der Waals surface area contributed by atoms with Gasteiger partial charge in [-0.3, -0.25) is 37.3 Å². The minimum atomic E-state index is -4.97. The normalized spacial score (nSPS) is 14.0. The Bertz CT molecular complexity index is 2040. The van der Waals surface area contributed by atoms with Gasteiger partial charge in [-0.15, -0.1) is 0 Å². The van der Waals surface area contributed by atoms with Gasteiger partial charge in [0.25, 0.3) is 0 Å². The van der Waals surface area contributed by atoms with E-state index in [1.807, 2.05) is 0 Å². The molecule has 17 nitrogen and oxygen atoms in total. The second kappa shape index (κ2) is 74.5. The van der Waals surface area contributed by atoms with Gasteiger partial charge < -0.3 is 33.8 Å². The molecular formula is C81H152O17P2. The summed E-state index contributed by atoms with van der Waals surface area (Å²) in [5.74, 6) is -2.15. The lowest BCUT2D eigenvalue weighted by Gasteiger charge is -2.21. The van der Waals surface area contributed by atoms with Crippen LogP contribution in [0, 0.1) is 0 Å². The molecule has 0 aliphatic carbocycles. The number of ether oxygens (including phenoxy) is 4. The molecule has 0 aliphatic rings. The summed E-state index contributed by atoms with van der Waals surface area (Å²) in [6, 6.07) is 0. The van der Waals surface area contributed by atoms with Crippen molar-refractivity contribution in [3.05, 3.63) is 36.5 Å². The van der Waals surface area contributed by atoms with Gasteiger partial charge in [0.15, 0.2) is 12.2 Å². The number of aliphatic hydroxyl groups is 1. The highest BCUT2D eigenvalue weighted by atomic mass is 31.2. The minimum absolute atomic E-state index is 0.0929. The maximum absolute atomic E-state index is 13.1. The van der Waals surface area contributed by atoms with Gasteiger partial charge in [0.05, 0.1) is 26.4 Å². The Balaban J connectivity index is 5.32. The Kier molecular flexibility index (Phi) is 72.5. The number of hydrogen-bond acceptors (Lipinski definition) is 15. The number of esters is 4. The summed E-state index contributed by atoms with van der Waals surface area (Å²) in [7, 11) is -9.94. The van der Waals surface area contributed by atoms with Gasteiger partial charge in [0.2, 0.25) is 0 Å². The lowest BCUT2D eigenvalue weighted by molar-refractivity contribution is -0.161. The molecule has 0 rings (SSSR count). The molecule has 3 N–H and O–H groups in total. The summed E-state index contributed by atoms with van der Waals surface area (Å²) in [5.41, 5.74) is 0. The van der Waals surface area contributed by atoms with Crippen LogP contribution in [0.4, 0.5) is 0 Å². The summed E-state index contributed by atoms with van der Waals surface area (Å²) in [6.07, 6.45) is 71.1. The predicted molar refractivity (Wildman–Crippen MR) is 409 cm³/mol. The first-order chi connectivity index (χ1) is 48.7. The second-order valence-corrected chi connectivity index (χ2v) is 31.0. The summed E-state index contributed by atoms with van der Waals surface area (Å²) in [5, 5.41) is 10.6. The third-order valence-corrected chi connectivity index (χ3v) is 20.0. The van der Waals surface area contributed by atoms with Gasteiger partial charge >= 0.3 is 39.5 Å². The van der Waals surface area contributed by atoms with Gasteiger partial charge in [-0.2, -0.15) is 0 Å². The van der Waals surface area contributed by atoms with E-state index in [2.05, 4.69) is 64.2 Å². The molecule has 0 fully saturated rings. The average molecular weight is 1460 g/mol. The SMILES string of the molecule is CCCCC/C=C\C/C=C\CCCCCCCC(=O)OC[C@H](COP(=O)(O)OC[C@H](O)COP(=O)(O)OC[C@@H](COC(=O)CCCCCCCCCCCCCCCCC)OC(=O)CCCCCCC/C=C\CCCCCCCC)OC(=O)CCCCCCCCCCCCCCCCC. The molecular weight excluding hydrogens is 1310 g/mol. The van der Waals surface area contributed by atoms with Crippen molar-refractivity contribution in [2.45, 2.75) is 418 Å². The van der Waals surface area contributed by atoms with E-state index in [-0.39, 0.29) is 25.7 Å². The van der Waals surface area contributed by atoms with Crippen molar-refractivity contribution in [1.82, 2.24) is 0 Å². The molecule has 0 spiro atoms. The molecule has 2 unspecified atom stereocenters. The molecule has 0 aromatic rings. The van der Waals surface area contributed by atoms with Crippen LogP contribution in [-0.4, -0.2) is 96.7 Å². The van der Waals surface area contributed by atoms with Crippen LogP contribution in [0.1, 0.15) is 400 Å². The topological polar surface area (TPSA) is 237 Å². The number of allylic oxidation sites excluding steroid dienone is 6. The number of hydrogen-bond donors (Lipinski definition) is 3. The fraction of sp³-hybridized carbons (Fsp3) is 0.877. The van der Waals surface area contributed by atoms with Crippen LogP contribution in [0.15, 0.2) is 36.5 Å². The Morgan fingerprint density at radius 3 is 0.770 bits per heavy atom. The minimum Gasteiger partial charge on any atom is -0.462 e. The number of phosphoric acid groups is 2. The first kappa shape index (κ1) is 97.3. The fourth-order valence-corrected chi connectivity index (χ4v) is 13.4. The van der Waals surface area contributed by atoms with Crippen LogP contribution in [-0.2, 0) is 65.4 Å². The van der Waals surface area contributed by atoms with Crippen molar-refractivity contribution < 1.29 is 80.2 Å². The number of carbonyl (C=O) groups is 4. The largest absolute Gasteiger partial charge is 0.472 e. The highest BCUT2D eigenvalue weighted by Gasteiger charge is 2.30. The van der Waals surface area contributed by atoms with Crippen molar-refractivity contribution in [3.63, 3.8) is 0 Å². The zero-order valence-corrected chi connectivity index (χ0v) is 66.2. The number of unbranched alkanes of at least 4 members (excludes halogenated alkanes) is 47. The fourth-order valence-electron chi connectivity index (χ4n) is 11.8. The molecule has 0 aliphatic heterocycles. The van der Waals surface area contributed by atoms with Crippen LogP contribution in [0.3, 0.4) is 0 Å². The molecule has 100 heavy (non-hydrogen) atoms. The van der Waals surface area contributed by atoms with Crippen LogP contribution in [0.25, 0.3) is 0 Å².